The zero-order valence-corrected chi connectivity index (χ0v) is 41.9. The summed E-state index contributed by atoms with van der Waals surface area (Å²) in [4.78, 5) is 81.9. The molecule has 5 saturated carbocycles. The molecule has 7 rings (SSSR count). The zero-order chi connectivity index (χ0) is 47.4. The predicted octanol–water partition coefficient (Wildman–Crippen LogP) is 9.97. The van der Waals surface area contributed by atoms with Crippen LogP contribution in [0.1, 0.15) is 180 Å². The Kier molecular flexibility index (Phi) is 12.3. The van der Waals surface area contributed by atoms with Crippen LogP contribution in [0.4, 0.5) is 4.79 Å². The molecule has 1 saturated heterocycles. The van der Waals surface area contributed by atoms with E-state index in [0.29, 0.717) is 57.1 Å². The Bertz CT molecular complexity index is 1950. The van der Waals surface area contributed by atoms with Gasteiger partial charge in [0, 0.05) is 42.7 Å². The molecule has 0 aromatic carbocycles. The first-order valence-electron chi connectivity index (χ1n) is 24.9. The molecule has 0 radical (unpaired) electrons. The minimum atomic E-state index is -0.985. The van der Waals surface area contributed by atoms with E-state index in [1.54, 1.807) is 4.90 Å². The molecule has 0 aromatic rings. The second kappa shape index (κ2) is 16.2. The number of amides is 2. The van der Waals surface area contributed by atoms with Crippen molar-refractivity contribution < 1.29 is 43.0 Å². The summed E-state index contributed by atoms with van der Waals surface area (Å²) in [7, 11) is 0. The maximum absolute atomic E-state index is 14.6. The van der Waals surface area contributed by atoms with Crippen molar-refractivity contribution in [3.63, 3.8) is 0 Å². The summed E-state index contributed by atoms with van der Waals surface area (Å²) in [5, 5.41) is 3.55. The van der Waals surface area contributed by atoms with Crippen molar-refractivity contribution in [3.05, 3.63) is 11.1 Å². The zero-order valence-electron chi connectivity index (χ0n) is 41.9. The molecule has 64 heavy (non-hydrogen) atoms. The van der Waals surface area contributed by atoms with Crippen molar-refractivity contribution in [2.75, 3.05) is 13.1 Å². The molecule has 6 aliphatic carbocycles. The number of hydrogen-bond donors (Lipinski definition) is 1. The standard InChI is InChI=1S/C53H82N2O9/c1-31(2)41-36(58)29-53(54-44(60)47(6,7)28-35(57)32-19-25-55(26-20-32)45(61)64-46(3,4)5)24-23-51(13)33(42(41)53)15-16-38-50(12)21-18-39(49(10,11)37(50)17-22-52(38,51)14)63-43(59)34-27-40(62-30-56)48(34,8)9/h30-34,37-40H,15-29H2,1-14H3,(H,54,60)/t33-,34-,37+,38-,39+,40-,50+,51-,52-,53-/m1/s1. The summed E-state index contributed by atoms with van der Waals surface area (Å²) in [6.07, 6.45) is 8.64. The Morgan fingerprint density at radius 1 is 0.797 bits per heavy atom. The number of carbonyl (C=O) groups excluding carboxylic acids is 6. The maximum atomic E-state index is 14.6. The van der Waals surface area contributed by atoms with Gasteiger partial charge in [-0.05, 0) is 142 Å². The second-order valence-corrected chi connectivity index (χ2v) is 25.6. The van der Waals surface area contributed by atoms with E-state index in [-0.39, 0.29) is 99.9 Å². The van der Waals surface area contributed by atoms with Gasteiger partial charge in [0.1, 0.15) is 23.6 Å². The van der Waals surface area contributed by atoms with Gasteiger partial charge in [0.2, 0.25) is 5.91 Å². The Hall–Kier alpha value is -3.24. The molecule has 358 valence electrons. The van der Waals surface area contributed by atoms with Gasteiger partial charge in [0.05, 0.1) is 16.9 Å². The van der Waals surface area contributed by atoms with Gasteiger partial charge in [0.25, 0.3) is 6.47 Å². The van der Waals surface area contributed by atoms with E-state index in [0.717, 1.165) is 50.5 Å². The van der Waals surface area contributed by atoms with Crippen LogP contribution < -0.4 is 5.32 Å². The highest BCUT2D eigenvalue weighted by Crippen LogP contribution is 2.76. The van der Waals surface area contributed by atoms with Crippen molar-refractivity contribution >= 4 is 36.0 Å². The first kappa shape index (κ1) is 48.7. The number of nitrogens with zero attached hydrogens (tertiary/aromatic N) is 1. The van der Waals surface area contributed by atoms with E-state index in [9.17, 15) is 28.8 Å². The lowest BCUT2D eigenvalue weighted by molar-refractivity contribution is -0.236. The number of nitrogens with one attached hydrogen (secondary N) is 1. The first-order valence-corrected chi connectivity index (χ1v) is 24.9. The van der Waals surface area contributed by atoms with Crippen LogP contribution in [0.15, 0.2) is 11.1 Å². The number of piperidine rings is 1. The Morgan fingerprint density at radius 2 is 1.45 bits per heavy atom. The van der Waals surface area contributed by atoms with Gasteiger partial charge < -0.3 is 24.4 Å². The average Bonchev–Trinajstić information content (AvgIpc) is 3.48. The lowest BCUT2D eigenvalue weighted by Crippen LogP contribution is -2.67. The summed E-state index contributed by atoms with van der Waals surface area (Å²) in [6, 6.07) is 0. The van der Waals surface area contributed by atoms with E-state index in [2.05, 4.69) is 53.8 Å². The maximum Gasteiger partial charge on any atom is 0.410 e. The third-order valence-electron chi connectivity index (χ3n) is 19.5. The van der Waals surface area contributed by atoms with Crippen LogP contribution in [0.3, 0.4) is 0 Å². The summed E-state index contributed by atoms with van der Waals surface area (Å²) in [5.41, 5.74) is -1.000. The van der Waals surface area contributed by atoms with E-state index >= 15 is 0 Å². The molecule has 0 bridgehead atoms. The summed E-state index contributed by atoms with van der Waals surface area (Å²) < 4.78 is 17.3. The SMILES string of the molecule is CC(C)C1=C2[C@H]3CC[C@@H]4[C@@]5(C)CC[C@H](OC(=O)[C@H]6C[C@@H](OC=O)C6(C)C)C(C)(C)[C@@H]5CC[C@@]4(C)[C@]3(C)CC[C@@]2(NC(=O)C(C)(C)CC(=O)C2CCN(C(=O)OC(C)(C)C)CC2)CC1=O. The van der Waals surface area contributed by atoms with Crippen molar-refractivity contribution in [1.82, 2.24) is 10.2 Å². The van der Waals surface area contributed by atoms with Crippen LogP contribution in [0.2, 0.25) is 0 Å². The minimum Gasteiger partial charge on any atom is -0.464 e. The highest BCUT2D eigenvalue weighted by atomic mass is 16.6. The van der Waals surface area contributed by atoms with Crippen LogP contribution in [-0.2, 0) is 38.2 Å². The lowest BCUT2D eigenvalue weighted by atomic mass is 9.33. The Morgan fingerprint density at radius 3 is 2.05 bits per heavy atom. The van der Waals surface area contributed by atoms with Crippen molar-refractivity contribution in [2.45, 2.75) is 204 Å². The topological polar surface area (TPSA) is 145 Å². The van der Waals surface area contributed by atoms with Crippen LogP contribution in [-0.4, -0.2) is 77.3 Å². The number of carbonyl (C=O) groups is 6. The Balaban J connectivity index is 1.07. The van der Waals surface area contributed by atoms with Gasteiger partial charge in [-0.2, -0.15) is 0 Å². The molecular formula is C53H82N2O9. The van der Waals surface area contributed by atoms with Gasteiger partial charge >= 0.3 is 12.1 Å². The first-order chi connectivity index (χ1) is 29.5. The van der Waals surface area contributed by atoms with Crippen molar-refractivity contribution in [3.8, 4) is 0 Å². The highest BCUT2D eigenvalue weighted by Gasteiger charge is 2.71. The van der Waals surface area contributed by atoms with E-state index in [1.807, 2.05) is 48.5 Å². The molecular weight excluding hydrogens is 809 g/mol. The van der Waals surface area contributed by atoms with Gasteiger partial charge in [-0.3, -0.25) is 24.0 Å². The molecule has 0 unspecified atom stereocenters. The van der Waals surface area contributed by atoms with Gasteiger partial charge in [-0.1, -0.05) is 76.2 Å². The quantitative estimate of drug-likeness (QED) is 0.129. The van der Waals surface area contributed by atoms with Crippen LogP contribution >= 0.6 is 0 Å². The number of hydrogen-bond acceptors (Lipinski definition) is 9. The monoisotopic (exact) mass is 891 g/mol. The van der Waals surface area contributed by atoms with Gasteiger partial charge in [-0.15, -0.1) is 0 Å². The largest absolute Gasteiger partial charge is 0.464 e. The molecule has 1 heterocycles. The normalized spacial score (nSPS) is 38.2. The minimum absolute atomic E-state index is 0.00798. The summed E-state index contributed by atoms with van der Waals surface area (Å²) in [6.45, 7) is 31.1. The summed E-state index contributed by atoms with van der Waals surface area (Å²) >= 11 is 0. The molecule has 0 spiro atoms. The molecule has 1 N–H and O–H groups in total. The smallest absolute Gasteiger partial charge is 0.410 e. The van der Waals surface area contributed by atoms with E-state index in [1.165, 1.54) is 5.57 Å². The Labute approximate surface area is 384 Å². The third kappa shape index (κ3) is 7.78. The fourth-order valence-corrected chi connectivity index (χ4v) is 15.5. The number of ketones is 2. The number of ether oxygens (including phenoxy) is 3. The number of likely N-dealkylation sites (tertiary alicyclic amines) is 1. The van der Waals surface area contributed by atoms with Gasteiger partial charge in [0.15, 0.2) is 5.78 Å². The number of esters is 1. The highest BCUT2D eigenvalue weighted by molar-refractivity contribution is 6.02. The molecule has 0 aromatic heterocycles. The van der Waals surface area contributed by atoms with Crippen LogP contribution in [0.25, 0.3) is 0 Å². The number of fused-ring (bicyclic) bond motifs is 7. The van der Waals surface area contributed by atoms with Crippen LogP contribution in [0.5, 0.6) is 0 Å². The molecule has 11 nitrogen and oxygen atoms in total. The number of Topliss-reactive ketones (excluding diaryl/α,β-unsaturated/α-hetero) is 2. The van der Waals surface area contributed by atoms with E-state index in [4.69, 9.17) is 14.2 Å². The number of rotatable bonds is 10. The fraction of sp³-hybridized carbons (Fsp3) is 0.849. The van der Waals surface area contributed by atoms with Crippen molar-refractivity contribution in [2.24, 2.45) is 68.0 Å². The molecule has 11 heteroatoms. The van der Waals surface area contributed by atoms with Gasteiger partial charge in [-0.25, -0.2) is 4.79 Å². The molecule has 7 aliphatic rings. The van der Waals surface area contributed by atoms with Crippen molar-refractivity contribution in [1.29, 1.82) is 0 Å². The molecule has 2 amide bonds. The number of allylic oxidation sites excluding steroid dienone is 1. The average molecular weight is 891 g/mol. The summed E-state index contributed by atoms with van der Waals surface area (Å²) in [5.74, 6) is 0.325. The fourth-order valence-electron chi connectivity index (χ4n) is 15.5. The van der Waals surface area contributed by atoms with E-state index < -0.39 is 22.0 Å². The third-order valence-corrected chi connectivity index (χ3v) is 19.5. The van der Waals surface area contributed by atoms with Crippen LogP contribution in [0, 0.1) is 68.0 Å². The lowest BCUT2D eigenvalue weighted by Gasteiger charge is -2.72. The molecule has 6 fully saturated rings. The molecule has 10 atom stereocenters. The molecule has 1 aliphatic heterocycles. The second-order valence-electron chi connectivity index (χ2n) is 25.6. The predicted molar refractivity (Wildman–Crippen MR) is 245 cm³/mol.